The van der Waals surface area contributed by atoms with E-state index in [0.717, 1.165) is 10.3 Å². The molecule has 3 rings (SSSR count). The van der Waals surface area contributed by atoms with Crippen LogP contribution in [0.1, 0.15) is 18.4 Å². The molecule has 142 valence electrons. The fourth-order valence-corrected chi connectivity index (χ4v) is 5.00. The minimum atomic E-state index is -3.24. The smallest absolute Gasteiger partial charge is 0.226 e. The molecule has 0 aliphatic heterocycles. The Balaban J connectivity index is 1.52. The predicted octanol–water partition coefficient (Wildman–Crippen LogP) is 3.64. The van der Waals surface area contributed by atoms with Gasteiger partial charge < -0.3 is 10.1 Å². The van der Waals surface area contributed by atoms with E-state index in [4.69, 9.17) is 4.74 Å². The molecule has 0 spiro atoms. The van der Waals surface area contributed by atoms with Crippen LogP contribution in [0.5, 0.6) is 5.75 Å². The Labute approximate surface area is 162 Å². The summed E-state index contributed by atoms with van der Waals surface area (Å²) in [6, 6.07) is 14.6. The monoisotopic (exact) mass is 404 g/mol. The van der Waals surface area contributed by atoms with Crippen LogP contribution in [0.4, 0.5) is 5.13 Å². The Morgan fingerprint density at radius 1 is 1.15 bits per heavy atom. The van der Waals surface area contributed by atoms with Crippen LogP contribution in [0.25, 0.3) is 10.2 Å². The van der Waals surface area contributed by atoms with Gasteiger partial charge in [0.2, 0.25) is 5.91 Å². The summed E-state index contributed by atoms with van der Waals surface area (Å²) in [6.07, 6.45) is 0.399. The molecule has 0 unspecified atom stereocenters. The lowest BCUT2D eigenvalue weighted by Crippen LogP contribution is -2.15. The van der Waals surface area contributed by atoms with Crippen molar-refractivity contribution in [2.24, 2.45) is 0 Å². The van der Waals surface area contributed by atoms with Crippen molar-refractivity contribution in [3.8, 4) is 5.75 Å². The summed E-state index contributed by atoms with van der Waals surface area (Å²) in [5.74, 6) is 0.370. The lowest BCUT2D eigenvalue weighted by atomic mass is 10.2. The van der Waals surface area contributed by atoms with Crippen LogP contribution in [-0.2, 0) is 20.4 Å². The SMILES string of the molecule is COc1cccc2sc(NC(=O)CCCS(=O)(=O)Cc3ccccc3)nc12. The fraction of sp³-hybridized carbons (Fsp3) is 0.263. The van der Waals surface area contributed by atoms with Gasteiger partial charge in [0.15, 0.2) is 15.0 Å². The molecular formula is C19H20N2O4S2. The van der Waals surface area contributed by atoms with Crippen molar-refractivity contribution in [3.05, 3.63) is 54.1 Å². The second-order valence-corrected chi connectivity index (χ2v) is 9.27. The molecule has 1 aromatic heterocycles. The Hall–Kier alpha value is -2.45. The number of aromatic nitrogens is 1. The van der Waals surface area contributed by atoms with Gasteiger partial charge in [0.1, 0.15) is 11.3 Å². The molecule has 0 bridgehead atoms. The molecule has 3 aromatic rings. The highest BCUT2D eigenvalue weighted by atomic mass is 32.2. The Bertz CT molecular complexity index is 1030. The van der Waals surface area contributed by atoms with Crippen molar-refractivity contribution in [1.82, 2.24) is 4.98 Å². The van der Waals surface area contributed by atoms with Crippen molar-refractivity contribution >= 4 is 42.4 Å². The molecule has 8 heteroatoms. The summed E-state index contributed by atoms with van der Waals surface area (Å²) in [5, 5.41) is 3.22. The maximum atomic E-state index is 12.2. The number of nitrogens with one attached hydrogen (secondary N) is 1. The highest BCUT2D eigenvalue weighted by Gasteiger charge is 2.14. The molecule has 0 saturated heterocycles. The van der Waals surface area contributed by atoms with Gasteiger partial charge in [-0.25, -0.2) is 13.4 Å². The number of hydrogen-bond donors (Lipinski definition) is 1. The van der Waals surface area contributed by atoms with Crippen molar-refractivity contribution < 1.29 is 17.9 Å². The number of sulfone groups is 1. The van der Waals surface area contributed by atoms with Gasteiger partial charge in [-0.15, -0.1) is 0 Å². The first-order valence-corrected chi connectivity index (χ1v) is 11.1. The average Bonchev–Trinajstić information content (AvgIpc) is 3.04. The van der Waals surface area contributed by atoms with E-state index in [0.29, 0.717) is 16.4 Å². The molecule has 1 heterocycles. The zero-order valence-electron chi connectivity index (χ0n) is 14.8. The Morgan fingerprint density at radius 2 is 1.93 bits per heavy atom. The summed E-state index contributed by atoms with van der Waals surface area (Å²) in [4.78, 5) is 16.5. The average molecular weight is 405 g/mol. The number of hydrogen-bond acceptors (Lipinski definition) is 6. The third-order valence-corrected chi connectivity index (χ3v) is 6.56. The van der Waals surface area contributed by atoms with Crippen LogP contribution in [0, 0.1) is 0 Å². The molecule has 1 amide bonds. The molecule has 27 heavy (non-hydrogen) atoms. The van der Waals surface area contributed by atoms with Crippen LogP contribution in [0.15, 0.2) is 48.5 Å². The van der Waals surface area contributed by atoms with E-state index in [-0.39, 0.29) is 30.3 Å². The number of benzene rings is 2. The topological polar surface area (TPSA) is 85.4 Å². The number of fused-ring (bicyclic) bond motifs is 1. The minimum absolute atomic E-state index is 0.00682. The molecule has 0 aliphatic rings. The van der Waals surface area contributed by atoms with Crippen LogP contribution in [-0.4, -0.2) is 32.2 Å². The number of methoxy groups -OCH3 is 1. The highest BCUT2D eigenvalue weighted by Crippen LogP contribution is 2.32. The van der Waals surface area contributed by atoms with Gasteiger partial charge in [-0.3, -0.25) is 4.79 Å². The van der Waals surface area contributed by atoms with E-state index in [2.05, 4.69) is 10.3 Å². The number of thiazole rings is 1. The number of carbonyl (C=O) groups is 1. The van der Waals surface area contributed by atoms with Gasteiger partial charge in [-0.05, 0) is 24.1 Å². The van der Waals surface area contributed by atoms with E-state index in [1.165, 1.54) is 11.3 Å². The third-order valence-electron chi connectivity index (χ3n) is 3.94. The lowest BCUT2D eigenvalue weighted by Gasteiger charge is -2.05. The van der Waals surface area contributed by atoms with E-state index in [1.807, 2.05) is 36.4 Å². The summed E-state index contributed by atoms with van der Waals surface area (Å²) in [5.41, 5.74) is 1.45. The summed E-state index contributed by atoms with van der Waals surface area (Å²) < 4.78 is 30.5. The molecule has 0 aliphatic carbocycles. The maximum absolute atomic E-state index is 12.2. The summed E-state index contributed by atoms with van der Waals surface area (Å²) in [6.45, 7) is 0. The Morgan fingerprint density at radius 3 is 2.67 bits per heavy atom. The third kappa shape index (κ3) is 5.27. The molecule has 0 atom stereocenters. The van der Waals surface area contributed by atoms with Crippen molar-refractivity contribution in [2.75, 3.05) is 18.2 Å². The van der Waals surface area contributed by atoms with Crippen molar-refractivity contribution in [1.29, 1.82) is 0 Å². The van der Waals surface area contributed by atoms with E-state index >= 15 is 0 Å². The number of anilines is 1. The van der Waals surface area contributed by atoms with E-state index in [1.54, 1.807) is 19.2 Å². The summed E-state index contributed by atoms with van der Waals surface area (Å²) >= 11 is 1.35. The second-order valence-electron chi connectivity index (χ2n) is 6.06. The first-order valence-electron chi connectivity index (χ1n) is 8.44. The van der Waals surface area contributed by atoms with Gasteiger partial charge in [0.05, 0.1) is 23.3 Å². The van der Waals surface area contributed by atoms with Gasteiger partial charge >= 0.3 is 0 Å². The van der Waals surface area contributed by atoms with Crippen LogP contribution in [0.2, 0.25) is 0 Å². The van der Waals surface area contributed by atoms with E-state index in [9.17, 15) is 13.2 Å². The normalized spacial score (nSPS) is 11.4. The van der Waals surface area contributed by atoms with Gasteiger partial charge in [-0.2, -0.15) is 0 Å². The first kappa shape index (κ1) is 19.3. The molecule has 1 N–H and O–H groups in total. The first-order chi connectivity index (χ1) is 13.0. The standard InChI is InChI=1S/C19H20N2O4S2/c1-25-15-9-5-10-16-18(15)21-19(26-16)20-17(22)11-6-12-27(23,24)13-14-7-3-2-4-8-14/h2-5,7-10H,6,11-13H2,1H3,(H,20,21,22). The number of amides is 1. The number of ether oxygens (including phenoxy) is 1. The summed E-state index contributed by atoms with van der Waals surface area (Å²) in [7, 11) is -1.67. The number of para-hydroxylation sites is 1. The maximum Gasteiger partial charge on any atom is 0.226 e. The lowest BCUT2D eigenvalue weighted by molar-refractivity contribution is -0.116. The highest BCUT2D eigenvalue weighted by molar-refractivity contribution is 7.90. The van der Waals surface area contributed by atoms with Crippen molar-refractivity contribution in [3.63, 3.8) is 0 Å². The van der Waals surface area contributed by atoms with Gasteiger partial charge in [-0.1, -0.05) is 47.7 Å². The van der Waals surface area contributed by atoms with Crippen LogP contribution in [0.3, 0.4) is 0 Å². The molecular weight excluding hydrogens is 384 g/mol. The molecule has 6 nitrogen and oxygen atoms in total. The zero-order valence-corrected chi connectivity index (χ0v) is 16.5. The molecule has 2 aromatic carbocycles. The zero-order chi connectivity index (χ0) is 19.3. The quantitative estimate of drug-likeness (QED) is 0.619. The molecule has 0 radical (unpaired) electrons. The fourth-order valence-electron chi connectivity index (χ4n) is 2.68. The Kier molecular flexibility index (Phi) is 6.08. The number of nitrogens with zero attached hydrogens (tertiary/aromatic N) is 1. The molecule has 0 saturated carbocycles. The van der Waals surface area contributed by atoms with Gasteiger partial charge in [0, 0.05) is 6.42 Å². The number of rotatable bonds is 8. The van der Waals surface area contributed by atoms with Crippen molar-refractivity contribution in [2.45, 2.75) is 18.6 Å². The second kappa shape index (κ2) is 8.49. The number of carbonyl (C=O) groups excluding carboxylic acids is 1. The predicted molar refractivity (Wildman–Crippen MR) is 108 cm³/mol. The van der Waals surface area contributed by atoms with E-state index < -0.39 is 9.84 Å². The minimum Gasteiger partial charge on any atom is -0.494 e. The molecule has 0 fully saturated rings. The van der Waals surface area contributed by atoms with Gasteiger partial charge in [0.25, 0.3) is 0 Å². The van der Waals surface area contributed by atoms with Crippen LogP contribution >= 0.6 is 11.3 Å². The largest absolute Gasteiger partial charge is 0.494 e. The van der Waals surface area contributed by atoms with Crippen LogP contribution < -0.4 is 10.1 Å².